The third kappa shape index (κ3) is 3.05. The van der Waals surface area contributed by atoms with Gasteiger partial charge in [0.2, 0.25) is 0 Å². The number of hydrogen-bond donors (Lipinski definition) is 2. The Balaban J connectivity index is 2.21. The minimum absolute atomic E-state index is 0.0724. The molecular weight excluding hydrogens is 241 g/mol. The van der Waals surface area contributed by atoms with Crippen molar-refractivity contribution in [3.63, 3.8) is 0 Å². The Hall–Kier alpha value is -2.03. The van der Waals surface area contributed by atoms with Gasteiger partial charge in [0.15, 0.2) is 0 Å². The molecule has 0 saturated heterocycles. The molecule has 0 saturated carbocycles. The highest BCUT2D eigenvalue weighted by Gasteiger charge is 2.09. The predicted octanol–water partition coefficient (Wildman–Crippen LogP) is 4.32. The molecule has 2 rings (SSSR count). The van der Waals surface area contributed by atoms with Crippen LogP contribution in [-0.4, -0.2) is 5.11 Å². The summed E-state index contributed by atoms with van der Waals surface area (Å²) in [6.45, 7) is 5.83. The van der Waals surface area contributed by atoms with Gasteiger partial charge in [0.1, 0.15) is 11.6 Å². The number of nitrogens with one attached hydrogen (secondary N) is 1. The fourth-order valence-corrected chi connectivity index (χ4v) is 2.02. The Morgan fingerprint density at radius 1 is 1.05 bits per heavy atom. The Bertz CT molecular complexity index is 578. The number of aryl methyl sites for hydroxylation is 2. The molecule has 0 heterocycles. The summed E-state index contributed by atoms with van der Waals surface area (Å²) < 4.78 is 12.9. The number of anilines is 1. The van der Waals surface area contributed by atoms with Crippen molar-refractivity contribution in [1.82, 2.24) is 0 Å². The van der Waals surface area contributed by atoms with Gasteiger partial charge in [-0.15, -0.1) is 0 Å². The zero-order chi connectivity index (χ0) is 14.0. The van der Waals surface area contributed by atoms with Gasteiger partial charge < -0.3 is 10.4 Å². The van der Waals surface area contributed by atoms with Crippen LogP contribution in [0.4, 0.5) is 10.1 Å². The average molecular weight is 259 g/mol. The van der Waals surface area contributed by atoms with Gasteiger partial charge in [-0.3, -0.25) is 0 Å². The molecule has 0 spiro atoms. The van der Waals surface area contributed by atoms with Crippen LogP contribution in [0.3, 0.4) is 0 Å². The number of phenolic OH excluding ortho intramolecular Hbond substituents is 1. The smallest absolute Gasteiger partial charge is 0.123 e. The van der Waals surface area contributed by atoms with Crippen molar-refractivity contribution in [2.45, 2.75) is 26.8 Å². The molecule has 2 aromatic rings. The summed E-state index contributed by atoms with van der Waals surface area (Å²) in [6, 6.07) is 10.2. The summed E-state index contributed by atoms with van der Waals surface area (Å²) in [5.41, 5.74) is 3.81. The second-order valence-electron chi connectivity index (χ2n) is 4.87. The van der Waals surface area contributed by atoms with Crippen molar-refractivity contribution < 1.29 is 9.50 Å². The van der Waals surface area contributed by atoms with Crippen molar-refractivity contribution in [3.05, 3.63) is 58.9 Å². The lowest BCUT2D eigenvalue weighted by atomic mass is 10.1. The first-order valence-corrected chi connectivity index (χ1v) is 6.29. The standard InChI is InChI=1S/C16H18FNO/c1-10-9-16(19)11(2)8-15(10)18-12(3)13-4-6-14(17)7-5-13/h4-9,12,18-19H,1-3H3. The fraction of sp³-hybridized carbons (Fsp3) is 0.250. The highest BCUT2D eigenvalue weighted by atomic mass is 19.1. The molecule has 19 heavy (non-hydrogen) atoms. The lowest BCUT2D eigenvalue weighted by Gasteiger charge is -2.18. The van der Waals surface area contributed by atoms with Crippen molar-refractivity contribution in [3.8, 4) is 5.75 Å². The monoisotopic (exact) mass is 259 g/mol. The topological polar surface area (TPSA) is 32.3 Å². The number of hydrogen-bond acceptors (Lipinski definition) is 2. The number of halogens is 1. The van der Waals surface area contributed by atoms with Crippen LogP contribution >= 0.6 is 0 Å². The third-order valence-corrected chi connectivity index (χ3v) is 3.28. The maximum absolute atomic E-state index is 12.9. The average Bonchev–Trinajstić information content (AvgIpc) is 2.36. The van der Waals surface area contributed by atoms with Crippen molar-refractivity contribution in [2.75, 3.05) is 5.32 Å². The molecule has 2 N–H and O–H groups in total. The van der Waals surface area contributed by atoms with Gasteiger partial charge in [0, 0.05) is 11.7 Å². The maximum Gasteiger partial charge on any atom is 0.123 e. The molecule has 100 valence electrons. The second kappa shape index (κ2) is 5.31. The molecule has 0 fully saturated rings. The van der Waals surface area contributed by atoms with E-state index in [4.69, 9.17) is 0 Å². The largest absolute Gasteiger partial charge is 0.508 e. The first kappa shape index (κ1) is 13.4. The SMILES string of the molecule is Cc1cc(NC(C)c2ccc(F)cc2)c(C)cc1O. The first-order chi connectivity index (χ1) is 8.97. The van der Waals surface area contributed by atoms with Gasteiger partial charge in [0.05, 0.1) is 0 Å². The van der Waals surface area contributed by atoms with E-state index in [0.29, 0.717) is 5.75 Å². The van der Waals surface area contributed by atoms with E-state index < -0.39 is 0 Å². The third-order valence-electron chi connectivity index (χ3n) is 3.28. The van der Waals surface area contributed by atoms with Gasteiger partial charge >= 0.3 is 0 Å². The molecule has 0 bridgehead atoms. The number of phenols is 1. The van der Waals surface area contributed by atoms with Gasteiger partial charge in [-0.05, 0) is 61.7 Å². The Kier molecular flexibility index (Phi) is 3.74. The van der Waals surface area contributed by atoms with Crippen LogP contribution in [0.1, 0.15) is 29.7 Å². The molecular formula is C16H18FNO. The van der Waals surface area contributed by atoms with Crippen LogP contribution in [-0.2, 0) is 0 Å². The van der Waals surface area contributed by atoms with Gasteiger partial charge in [-0.25, -0.2) is 4.39 Å². The molecule has 2 aromatic carbocycles. The summed E-state index contributed by atoms with van der Waals surface area (Å²) in [7, 11) is 0. The summed E-state index contributed by atoms with van der Waals surface area (Å²) in [6.07, 6.45) is 0. The molecule has 1 unspecified atom stereocenters. The fourth-order valence-electron chi connectivity index (χ4n) is 2.02. The summed E-state index contributed by atoms with van der Waals surface area (Å²) in [4.78, 5) is 0. The lowest BCUT2D eigenvalue weighted by Crippen LogP contribution is -2.08. The molecule has 0 amide bonds. The van der Waals surface area contributed by atoms with Crippen LogP contribution in [0.15, 0.2) is 36.4 Å². The number of rotatable bonds is 3. The Morgan fingerprint density at radius 2 is 1.68 bits per heavy atom. The van der Waals surface area contributed by atoms with Gasteiger partial charge in [-0.2, -0.15) is 0 Å². The molecule has 1 atom stereocenters. The predicted molar refractivity (Wildman–Crippen MR) is 76.0 cm³/mol. The lowest BCUT2D eigenvalue weighted by molar-refractivity contribution is 0.470. The summed E-state index contributed by atoms with van der Waals surface area (Å²) in [5, 5.41) is 13.0. The van der Waals surface area contributed by atoms with Gasteiger partial charge in [0.25, 0.3) is 0 Å². The van der Waals surface area contributed by atoms with Crippen LogP contribution in [0.5, 0.6) is 5.75 Å². The molecule has 0 aliphatic carbocycles. The Morgan fingerprint density at radius 3 is 2.32 bits per heavy atom. The minimum Gasteiger partial charge on any atom is -0.508 e. The Labute approximate surface area is 112 Å². The van der Waals surface area contributed by atoms with Crippen molar-refractivity contribution >= 4 is 5.69 Å². The molecule has 0 radical (unpaired) electrons. The molecule has 0 aliphatic rings. The summed E-state index contributed by atoms with van der Waals surface area (Å²) in [5.74, 6) is 0.0742. The van der Waals surface area contributed by atoms with E-state index in [1.54, 1.807) is 18.2 Å². The van der Waals surface area contributed by atoms with Gasteiger partial charge in [-0.1, -0.05) is 12.1 Å². The van der Waals surface area contributed by atoms with E-state index in [-0.39, 0.29) is 11.9 Å². The van der Waals surface area contributed by atoms with E-state index in [9.17, 15) is 9.50 Å². The zero-order valence-electron chi connectivity index (χ0n) is 11.4. The van der Waals surface area contributed by atoms with Crippen LogP contribution < -0.4 is 5.32 Å². The van der Waals surface area contributed by atoms with E-state index in [1.807, 2.05) is 26.8 Å². The van der Waals surface area contributed by atoms with Crippen molar-refractivity contribution in [1.29, 1.82) is 0 Å². The molecule has 0 aliphatic heterocycles. The number of benzene rings is 2. The zero-order valence-corrected chi connectivity index (χ0v) is 11.4. The van der Waals surface area contributed by atoms with Crippen LogP contribution in [0, 0.1) is 19.7 Å². The van der Waals surface area contributed by atoms with E-state index >= 15 is 0 Å². The van der Waals surface area contributed by atoms with E-state index in [2.05, 4.69) is 5.32 Å². The van der Waals surface area contributed by atoms with Crippen LogP contribution in [0.25, 0.3) is 0 Å². The molecule has 3 heteroatoms. The quantitative estimate of drug-likeness (QED) is 0.804. The normalized spacial score (nSPS) is 12.2. The van der Waals surface area contributed by atoms with Crippen LogP contribution in [0.2, 0.25) is 0 Å². The number of aromatic hydroxyl groups is 1. The second-order valence-corrected chi connectivity index (χ2v) is 4.87. The maximum atomic E-state index is 12.9. The van der Waals surface area contributed by atoms with E-state index in [0.717, 1.165) is 22.4 Å². The molecule has 0 aromatic heterocycles. The summed E-state index contributed by atoms with van der Waals surface area (Å²) >= 11 is 0. The van der Waals surface area contributed by atoms with E-state index in [1.165, 1.54) is 12.1 Å². The highest BCUT2D eigenvalue weighted by molar-refractivity contribution is 5.57. The molecule has 2 nitrogen and oxygen atoms in total. The first-order valence-electron chi connectivity index (χ1n) is 6.29. The van der Waals surface area contributed by atoms with Crippen molar-refractivity contribution in [2.24, 2.45) is 0 Å². The highest BCUT2D eigenvalue weighted by Crippen LogP contribution is 2.28. The minimum atomic E-state index is -0.229.